The molecule has 1 aliphatic heterocycles. The third kappa shape index (κ3) is 3.14. The molecule has 148 valence electrons. The quantitative estimate of drug-likeness (QED) is 0.584. The number of nitrogens with one attached hydrogen (secondary N) is 1. The van der Waals surface area contributed by atoms with Gasteiger partial charge in [0.25, 0.3) is 0 Å². The highest BCUT2D eigenvalue weighted by Crippen LogP contribution is 2.30. The predicted octanol–water partition coefficient (Wildman–Crippen LogP) is 3.44. The van der Waals surface area contributed by atoms with Crippen LogP contribution in [0.25, 0.3) is 16.4 Å². The Morgan fingerprint density at radius 2 is 2.10 bits per heavy atom. The van der Waals surface area contributed by atoms with Crippen LogP contribution in [0.15, 0.2) is 55.0 Å². The van der Waals surface area contributed by atoms with E-state index < -0.39 is 0 Å². The van der Waals surface area contributed by atoms with Crippen LogP contribution in [0.2, 0.25) is 0 Å². The van der Waals surface area contributed by atoms with Crippen LogP contribution in [-0.2, 0) is 11.2 Å². The molecule has 1 fully saturated rings. The van der Waals surface area contributed by atoms with Gasteiger partial charge in [0.1, 0.15) is 0 Å². The van der Waals surface area contributed by atoms with Gasteiger partial charge in [-0.3, -0.25) is 4.79 Å². The molecular formula is C23H25N5O. The molecule has 6 nitrogen and oxygen atoms in total. The molecule has 1 atom stereocenters. The Hall–Kier alpha value is -3.28. The number of anilines is 1. The first-order chi connectivity index (χ1) is 14.1. The van der Waals surface area contributed by atoms with Gasteiger partial charge < -0.3 is 19.2 Å². The van der Waals surface area contributed by atoms with E-state index >= 15 is 0 Å². The van der Waals surface area contributed by atoms with Crippen LogP contribution in [0.3, 0.4) is 0 Å². The van der Waals surface area contributed by atoms with Crippen LogP contribution in [0.5, 0.6) is 0 Å². The number of nitrogens with zero attached hydrogens (tertiary/aromatic N) is 4. The van der Waals surface area contributed by atoms with Gasteiger partial charge in [-0.25, -0.2) is 4.98 Å². The lowest BCUT2D eigenvalue weighted by Gasteiger charge is -2.19. The summed E-state index contributed by atoms with van der Waals surface area (Å²) in [6.07, 6.45) is 7.51. The van der Waals surface area contributed by atoms with Crippen molar-refractivity contribution in [3.05, 3.63) is 66.2 Å². The Bertz CT molecular complexity index is 1190. The molecular weight excluding hydrogens is 362 g/mol. The largest absolute Gasteiger partial charge is 0.361 e. The second-order valence-electron chi connectivity index (χ2n) is 8.05. The number of benzene rings is 1. The maximum absolute atomic E-state index is 13.0. The summed E-state index contributed by atoms with van der Waals surface area (Å²) in [6, 6.07) is 12.3. The van der Waals surface area contributed by atoms with E-state index in [0.29, 0.717) is 6.42 Å². The Balaban J connectivity index is 1.34. The molecule has 4 aromatic rings. The fraction of sp³-hybridized carbons (Fsp3) is 0.304. The molecule has 29 heavy (non-hydrogen) atoms. The molecule has 0 aliphatic carbocycles. The number of hydrogen-bond acceptors (Lipinski definition) is 3. The fourth-order valence-corrected chi connectivity index (χ4v) is 4.35. The van der Waals surface area contributed by atoms with Gasteiger partial charge in [0.15, 0.2) is 5.82 Å². The highest BCUT2D eigenvalue weighted by atomic mass is 16.2. The van der Waals surface area contributed by atoms with Crippen molar-refractivity contribution in [2.24, 2.45) is 0 Å². The first-order valence-electron chi connectivity index (χ1n) is 10.1. The molecule has 6 heteroatoms. The van der Waals surface area contributed by atoms with Crippen LogP contribution >= 0.6 is 0 Å². The number of fused-ring (bicyclic) bond motifs is 2. The second-order valence-corrected chi connectivity index (χ2v) is 8.05. The van der Waals surface area contributed by atoms with E-state index in [9.17, 15) is 4.79 Å². The normalized spacial score (nSPS) is 16.8. The number of likely N-dealkylation sites (tertiary alicyclic amines) is 1. The monoisotopic (exact) mass is 387 g/mol. The fourth-order valence-electron chi connectivity index (χ4n) is 4.35. The van der Waals surface area contributed by atoms with Gasteiger partial charge in [0.2, 0.25) is 5.91 Å². The van der Waals surface area contributed by atoms with Gasteiger partial charge in [-0.1, -0.05) is 18.2 Å². The van der Waals surface area contributed by atoms with E-state index in [-0.39, 0.29) is 11.8 Å². The summed E-state index contributed by atoms with van der Waals surface area (Å²) < 4.78 is 2.13. The number of para-hydroxylation sites is 1. The van der Waals surface area contributed by atoms with Crippen molar-refractivity contribution >= 4 is 28.1 Å². The molecule has 0 bridgehead atoms. The van der Waals surface area contributed by atoms with Crippen LogP contribution in [0.4, 0.5) is 5.82 Å². The average molecular weight is 387 g/mol. The van der Waals surface area contributed by atoms with Crippen LogP contribution in [0, 0.1) is 0 Å². The van der Waals surface area contributed by atoms with Crippen molar-refractivity contribution in [2.75, 3.05) is 32.1 Å². The van der Waals surface area contributed by atoms with E-state index in [0.717, 1.165) is 53.0 Å². The number of rotatable bonds is 4. The van der Waals surface area contributed by atoms with Gasteiger partial charge in [-0.05, 0) is 30.2 Å². The maximum atomic E-state index is 13.0. The van der Waals surface area contributed by atoms with E-state index in [4.69, 9.17) is 4.98 Å². The minimum atomic E-state index is 0.187. The Kier molecular flexibility index (Phi) is 4.27. The number of carbonyl (C=O) groups excluding carboxylic acids is 1. The summed E-state index contributed by atoms with van der Waals surface area (Å²) in [5.74, 6) is 1.43. The molecule has 0 spiro atoms. The van der Waals surface area contributed by atoms with Crippen molar-refractivity contribution in [1.29, 1.82) is 0 Å². The first-order valence-corrected chi connectivity index (χ1v) is 10.1. The lowest BCUT2D eigenvalue weighted by Crippen LogP contribution is -2.30. The van der Waals surface area contributed by atoms with Gasteiger partial charge in [-0.15, -0.1) is 0 Å². The number of aromatic nitrogens is 3. The summed E-state index contributed by atoms with van der Waals surface area (Å²) in [5.41, 5.74) is 4.30. The van der Waals surface area contributed by atoms with Crippen LogP contribution in [-0.4, -0.2) is 52.4 Å². The van der Waals surface area contributed by atoms with Gasteiger partial charge in [0, 0.05) is 62.6 Å². The molecule has 4 heterocycles. The van der Waals surface area contributed by atoms with E-state index in [2.05, 4.69) is 33.9 Å². The van der Waals surface area contributed by atoms with E-state index in [1.165, 1.54) is 0 Å². The molecule has 0 saturated carbocycles. The number of amides is 1. The highest BCUT2D eigenvalue weighted by Gasteiger charge is 2.29. The predicted molar refractivity (Wildman–Crippen MR) is 115 cm³/mol. The number of H-pyrrole nitrogens is 1. The Morgan fingerprint density at radius 1 is 1.24 bits per heavy atom. The van der Waals surface area contributed by atoms with E-state index in [1.807, 2.05) is 54.4 Å². The molecule has 3 aromatic heterocycles. The van der Waals surface area contributed by atoms with Crippen LogP contribution < -0.4 is 4.90 Å². The molecule has 5 rings (SSSR count). The topological polar surface area (TPSA) is 56.6 Å². The second kappa shape index (κ2) is 6.95. The summed E-state index contributed by atoms with van der Waals surface area (Å²) in [6.45, 7) is 1.52. The third-order valence-corrected chi connectivity index (χ3v) is 5.91. The highest BCUT2D eigenvalue weighted by molar-refractivity contribution is 5.89. The lowest BCUT2D eigenvalue weighted by molar-refractivity contribution is -0.129. The van der Waals surface area contributed by atoms with Crippen molar-refractivity contribution in [3.63, 3.8) is 0 Å². The smallest absolute Gasteiger partial charge is 0.227 e. The number of hydrogen-bond donors (Lipinski definition) is 1. The number of aromatic amines is 1. The molecule has 1 aliphatic rings. The Labute approximate surface area is 169 Å². The summed E-state index contributed by atoms with van der Waals surface area (Å²) >= 11 is 0. The number of carbonyl (C=O) groups is 1. The SMILES string of the molecule is CN(C)c1nc(C2CCN(C(=O)Cc3c[nH]c4ccccc34)C2)cn2cccc12. The summed E-state index contributed by atoms with van der Waals surface area (Å²) in [7, 11) is 4.04. The standard InChI is InChI=1S/C23H25N5O/c1-26(2)23-21-8-5-10-27(21)15-20(25-23)16-9-11-28(14-16)22(29)12-17-13-24-19-7-4-3-6-18(17)19/h3-8,10,13,15-16,24H,9,11-12,14H2,1-2H3. The zero-order chi connectivity index (χ0) is 20.0. The summed E-state index contributed by atoms with van der Waals surface area (Å²) in [5, 5.41) is 1.13. The van der Waals surface area contributed by atoms with Gasteiger partial charge >= 0.3 is 0 Å². The zero-order valence-electron chi connectivity index (χ0n) is 16.8. The zero-order valence-corrected chi connectivity index (χ0v) is 16.8. The molecule has 1 aromatic carbocycles. The van der Waals surface area contributed by atoms with Gasteiger partial charge in [-0.2, -0.15) is 0 Å². The van der Waals surface area contributed by atoms with Crippen LogP contribution in [0.1, 0.15) is 23.6 Å². The molecule has 1 saturated heterocycles. The molecule has 1 unspecified atom stereocenters. The molecule has 1 amide bonds. The molecule has 1 N–H and O–H groups in total. The third-order valence-electron chi connectivity index (χ3n) is 5.91. The average Bonchev–Trinajstić information content (AvgIpc) is 3.46. The van der Waals surface area contributed by atoms with Gasteiger partial charge in [0.05, 0.1) is 17.6 Å². The van der Waals surface area contributed by atoms with Crippen molar-refractivity contribution < 1.29 is 4.79 Å². The Morgan fingerprint density at radius 3 is 2.97 bits per heavy atom. The van der Waals surface area contributed by atoms with Crippen molar-refractivity contribution in [3.8, 4) is 0 Å². The van der Waals surface area contributed by atoms with Crippen molar-refractivity contribution in [1.82, 2.24) is 19.3 Å². The minimum Gasteiger partial charge on any atom is -0.361 e. The lowest BCUT2D eigenvalue weighted by atomic mass is 10.1. The molecule has 0 radical (unpaired) electrons. The maximum Gasteiger partial charge on any atom is 0.227 e. The first kappa shape index (κ1) is 17.8. The minimum absolute atomic E-state index is 0.187. The van der Waals surface area contributed by atoms with Crippen molar-refractivity contribution in [2.45, 2.75) is 18.8 Å². The summed E-state index contributed by atoms with van der Waals surface area (Å²) in [4.78, 5) is 25.2. The van der Waals surface area contributed by atoms with E-state index in [1.54, 1.807) is 0 Å².